The summed E-state index contributed by atoms with van der Waals surface area (Å²) in [5, 5.41) is 0. The Morgan fingerprint density at radius 1 is 1.53 bits per heavy atom. The summed E-state index contributed by atoms with van der Waals surface area (Å²) >= 11 is 0. The lowest BCUT2D eigenvalue weighted by atomic mass is 9.90. The molecule has 0 bridgehead atoms. The highest BCUT2D eigenvalue weighted by Crippen LogP contribution is 2.32. The van der Waals surface area contributed by atoms with Crippen molar-refractivity contribution in [2.24, 2.45) is 11.1 Å². The number of aromatic nitrogens is 1. The fourth-order valence-corrected chi connectivity index (χ4v) is 3.60. The fourth-order valence-electron chi connectivity index (χ4n) is 2.03. The molecular formula is C11H17ClFN3O2S. The van der Waals surface area contributed by atoms with Gasteiger partial charge in [0.05, 0.1) is 6.20 Å². The Hall–Kier alpha value is -0.760. The quantitative estimate of drug-likeness (QED) is 0.904. The van der Waals surface area contributed by atoms with Crippen molar-refractivity contribution in [3.63, 3.8) is 0 Å². The van der Waals surface area contributed by atoms with Gasteiger partial charge in [0.1, 0.15) is 10.7 Å². The first-order chi connectivity index (χ1) is 8.37. The van der Waals surface area contributed by atoms with Crippen molar-refractivity contribution >= 4 is 22.4 Å². The van der Waals surface area contributed by atoms with Crippen LogP contribution in [0.15, 0.2) is 23.4 Å². The number of rotatable bonds is 3. The predicted molar refractivity (Wildman–Crippen MR) is 72.0 cm³/mol. The molecule has 1 aromatic rings. The summed E-state index contributed by atoms with van der Waals surface area (Å²) in [5.74, 6) is -0.656. The highest BCUT2D eigenvalue weighted by Gasteiger charge is 2.39. The van der Waals surface area contributed by atoms with Crippen molar-refractivity contribution in [3.05, 3.63) is 24.3 Å². The molecule has 1 aromatic heterocycles. The third-order valence-corrected chi connectivity index (χ3v) is 5.14. The zero-order chi connectivity index (χ0) is 13.4. The third kappa shape index (κ3) is 3.22. The topological polar surface area (TPSA) is 76.3 Å². The second kappa shape index (κ2) is 5.70. The van der Waals surface area contributed by atoms with Gasteiger partial charge in [0.25, 0.3) is 0 Å². The fraction of sp³-hybridized carbons (Fsp3) is 0.545. The van der Waals surface area contributed by atoms with Crippen molar-refractivity contribution in [2.75, 3.05) is 19.6 Å². The summed E-state index contributed by atoms with van der Waals surface area (Å²) < 4.78 is 38.9. The molecule has 0 aliphatic carbocycles. The first-order valence-corrected chi connectivity index (χ1v) is 7.12. The second-order valence-electron chi connectivity index (χ2n) is 4.94. The molecule has 1 unspecified atom stereocenters. The molecule has 2 heterocycles. The van der Waals surface area contributed by atoms with Gasteiger partial charge in [-0.25, -0.2) is 12.8 Å². The zero-order valence-corrected chi connectivity index (χ0v) is 12.2. The first-order valence-electron chi connectivity index (χ1n) is 5.68. The van der Waals surface area contributed by atoms with Crippen LogP contribution in [0.5, 0.6) is 0 Å². The van der Waals surface area contributed by atoms with Gasteiger partial charge in [-0.05, 0) is 24.4 Å². The lowest BCUT2D eigenvalue weighted by Gasteiger charge is -2.22. The largest absolute Gasteiger partial charge is 0.330 e. The molecule has 1 aliphatic rings. The van der Waals surface area contributed by atoms with Gasteiger partial charge >= 0.3 is 0 Å². The Morgan fingerprint density at radius 2 is 2.21 bits per heavy atom. The summed E-state index contributed by atoms with van der Waals surface area (Å²) in [5.41, 5.74) is 5.44. The third-order valence-electron chi connectivity index (χ3n) is 3.33. The Labute approximate surface area is 118 Å². The van der Waals surface area contributed by atoms with Gasteiger partial charge < -0.3 is 5.73 Å². The molecule has 1 saturated heterocycles. The van der Waals surface area contributed by atoms with Gasteiger partial charge in [-0.1, -0.05) is 6.92 Å². The number of pyridine rings is 1. The predicted octanol–water partition coefficient (Wildman–Crippen LogP) is 1.00. The molecule has 1 atom stereocenters. The van der Waals surface area contributed by atoms with E-state index in [9.17, 15) is 12.8 Å². The van der Waals surface area contributed by atoms with Crippen LogP contribution < -0.4 is 5.73 Å². The van der Waals surface area contributed by atoms with Crippen LogP contribution in [0.3, 0.4) is 0 Å². The van der Waals surface area contributed by atoms with Crippen LogP contribution in [0.25, 0.3) is 0 Å². The summed E-state index contributed by atoms with van der Waals surface area (Å²) in [6, 6.07) is 0.987. The molecular weight excluding hydrogens is 293 g/mol. The molecule has 19 heavy (non-hydrogen) atoms. The first kappa shape index (κ1) is 16.3. The van der Waals surface area contributed by atoms with E-state index in [1.54, 1.807) is 0 Å². The van der Waals surface area contributed by atoms with Crippen molar-refractivity contribution in [1.29, 1.82) is 0 Å². The molecule has 0 spiro atoms. The van der Waals surface area contributed by atoms with Crippen LogP contribution in [-0.4, -0.2) is 37.3 Å². The zero-order valence-electron chi connectivity index (χ0n) is 10.5. The van der Waals surface area contributed by atoms with E-state index >= 15 is 0 Å². The SMILES string of the molecule is CC1(CN)CCN(S(=O)(=O)c2cncc(F)c2)C1.Cl. The molecule has 0 radical (unpaired) electrons. The Kier molecular flexibility index (Phi) is 4.89. The van der Waals surface area contributed by atoms with Gasteiger partial charge in [-0.15, -0.1) is 12.4 Å². The highest BCUT2D eigenvalue weighted by molar-refractivity contribution is 7.89. The minimum Gasteiger partial charge on any atom is -0.330 e. The molecule has 0 aromatic carbocycles. The van der Waals surface area contributed by atoms with Crippen molar-refractivity contribution in [1.82, 2.24) is 9.29 Å². The maximum Gasteiger partial charge on any atom is 0.244 e. The van der Waals surface area contributed by atoms with Crippen molar-refractivity contribution < 1.29 is 12.8 Å². The minimum atomic E-state index is -3.67. The maximum atomic E-state index is 13.0. The van der Waals surface area contributed by atoms with E-state index < -0.39 is 15.8 Å². The average Bonchev–Trinajstić information content (AvgIpc) is 2.73. The van der Waals surface area contributed by atoms with E-state index in [0.717, 1.165) is 18.5 Å². The minimum absolute atomic E-state index is 0. The summed E-state index contributed by atoms with van der Waals surface area (Å²) in [6.45, 7) is 3.15. The number of halogens is 2. The summed E-state index contributed by atoms with van der Waals surface area (Å²) in [4.78, 5) is 3.47. The van der Waals surface area contributed by atoms with Crippen molar-refractivity contribution in [3.8, 4) is 0 Å². The number of nitrogens with zero attached hydrogens (tertiary/aromatic N) is 2. The van der Waals surface area contributed by atoms with Gasteiger partial charge in [0.15, 0.2) is 0 Å². The molecule has 8 heteroatoms. The monoisotopic (exact) mass is 309 g/mol. The number of sulfonamides is 1. The maximum absolute atomic E-state index is 13.0. The number of nitrogens with two attached hydrogens (primary N) is 1. The van der Waals surface area contributed by atoms with Crippen molar-refractivity contribution in [2.45, 2.75) is 18.2 Å². The van der Waals surface area contributed by atoms with E-state index in [2.05, 4.69) is 4.98 Å². The van der Waals surface area contributed by atoms with Gasteiger partial charge in [0.2, 0.25) is 10.0 Å². The van der Waals surface area contributed by atoms with E-state index in [-0.39, 0.29) is 22.7 Å². The molecule has 5 nitrogen and oxygen atoms in total. The van der Waals surface area contributed by atoms with Crippen LogP contribution in [0.1, 0.15) is 13.3 Å². The second-order valence-corrected chi connectivity index (χ2v) is 6.88. The number of hydrogen-bond donors (Lipinski definition) is 1. The Bertz CT molecular complexity index is 555. The number of hydrogen-bond acceptors (Lipinski definition) is 4. The summed E-state index contributed by atoms with van der Waals surface area (Å²) in [6.07, 6.45) is 2.86. The highest BCUT2D eigenvalue weighted by atomic mass is 35.5. The van der Waals surface area contributed by atoms with Crippen LogP contribution in [0.2, 0.25) is 0 Å². The van der Waals surface area contributed by atoms with Gasteiger partial charge in [-0.2, -0.15) is 4.31 Å². The Balaban J connectivity index is 0.00000180. The van der Waals surface area contributed by atoms with E-state index in [1.165, 1.54) is 4.31 Å². The standard InChI is InChI=1S/C11H16FN3O2S.ClH/c1-11(7-13)2-3-15(8-11)18(16,17)10-4-9(12)5-14-6-10;/h4-6H,2-3,7-8,13H2,1H3;1H. The summed E-state index contributed by atoms with van der Waals surface area (Å²) in [7, 11) is -3.67. The lowest BCUT2D eigenvalue weighted by Crippen LogP contribution is -2.34. The lowest BCUT2D eigenvalue weighted by molar-refractivity contribution is 0.349. The van der Waals surface area contributed by atoms with Crippen LogP contribution in [0.4, 0.5) is 4.39 Å². The molecule has 108 valence electrons. The molecule has 1 aliphatic heterocycles. The van der Waals surface area contributed by atoms with Crippen LogP contribution in [-0.2, 0) is 10.0 Å². The molecule has 1 fully saturated rings. The molecule has 2 rings (SSSR count). The van der Waals surface area contributed by atoms with E-state index in [4.69, 9.17) is 5.73 Å². The smallest absolute Gasteiger partial charge is 0.244 e. The van der Waals surface area contributed by atoms with E-state index in [0.29, 0.717) is 26.1 Å². The molecule has 0 amide bonds. The van der Waals surface area contributed by atoms with Gasteiger partial charge in [-0.3, -0.25) is 4.98 Å². The molecule has 2 N–H and O–H groups in total. The van der Waals surface area contributed by atoms with Crippen LogP contribution >= 0.6 is 12.4 Å². The van der Waals surface area contributed by atoms with Gasteiger partial charge in [0, 0.05) is 19.3 Å². The van der Waals surface area contributed by atoms with E-state index in [1.807, 2.05) is 6.92 Å². The normalized spacial score (nSPS) is 24.2. The Morgan fingerprint density at radius 3 is 2.74 bits per heavy atom. The average molecular weight is 310 g/mol. The van der Waals surface area contributed by atoms with Crippen LogP contribution in [0, 0.1) is 11.2 Å². The molecule has 0 saturated carbocycles.